The number of hydrogen-bond donors (Lipinski definition) is 0. The van der Waals surface area contributed by atoms with Crippen LogP contribution in [0.25, 0.3) is 0 Å². The number of hydrogen-bond acceptors (Lipinski definition) is 3. The molecule has 9 heteroatoms. The van der Waals surface area contributed by atoms with Gasteiger partial charge in [0.25, 0.3) is 5.91 Å². The molecule has 3 heterocycles. The van der Waals surface area contributed by atoms with E-state index in [1.165, 1.54) is 18.0 Å². The molecule has 26 heavy (non-hydrogen) atoms. The summed E-state index contributed by atoms with van der Waals surface area (Å²) in [6, 6.07) is 3.39. The van der Waals surface area contributed by atoms with Gasteiger partial charge in [-0.1, -0.05) is 22.7 Å². The number of aryl methyl sites for hydroxylation is 1. The Bertz CT molecular complexity index is 979. The van der Waals surface area contributed by atoms with Crippen LogP contribution in [0.15, 0.2) is 29.4 Å². The lowest BCUT2D eigenvalue weighted by molar-refractivity contribution is -0.677. The van der Waals surface area contributed by atoms with Crippen molar-refractivity contribution in [3.63, 3.8) is 0 Å². The maximum atomic E-state index is 14.2. The summed E-state index contributed by atoms with van der Waals surface area (Å²) in [4.78, 5) is 31.7. The van der Waals surface area contributed by atoms with Gasteiger partial charge < -0.3 is 0 Å². The number of imide groups is 1. The van der Waals surface area contributed by atoms with Crippen LogP contribution >= 0.6 is 11.6 Å². The fraction of sp³-hybridized carbons (Fsp3) is 0.294. The number of likely N-dealkylation sites (N-methyl/N-ethyl adjacent to an activating group) is 2. The first-order valence-corrected chi connectivity index (χ1v) is 8.37. The number of nitrogens with zero attached hydrogens (tertiary/aromatic N) is 5. The van der Waals surface area contributed by atoms with E-state index in [0.717, 1.165) is 10.6 Å². The molecule has 2 aliphatic rings. The van der Waals surface area contributed by atoms with Gasteiger partial charge in [0.15, 0.2) is 0 Å². The first kappa shape index (κ1) is 16.7. The molecule has 0 radical (unpaired) electrons. The van der Waals surface area contributed by atoms with Crippen molar-refractivity contribution < 1.29 is 18.5 Å². The number of benzene rings is 1. The molecule has 3 amide bonds. The summed E-state index contributed by atoms with van der Waals surface area (Å²) < 4.78 is 17.7. The standard InChI is InChI=1S/C17H16ClFN5O2/c1-9-7-24-13-14(21(2)17(26)22(3)15(13)25)20-16(24)23(9)8-10-11(18)5-4-6-12(10)19/h4-7,13H,8H2,1-3H3/q+1. The molecule has 134 valence electrons. The van der Waals surface area contributed by atoms with Crippen LogP contribution < -0.4 is 4.57 Å². The topological polar surface area (TPSA) is 61.8 Å². The average molecular weight is 377 g/mol. The smallest absolute Gasteiger partial charge is 0.270 e. The molecule has 1 saturated heterocycles. The fourth-order valence-electron chi connectivity index (χ4n) is 3.35. The van der Waals surface area contributed by atoms with Crippen LogP contribution in [-0.4, -0.2) is 46.2 Å². The Kier molecular flexibility index (Phi) is 3.62. The third-order valence-electron chi connectivity index (χ3n) is 4.82. The zero-order chi connectivity index (χ0) is 18.7. The predicted molar refractivity (Wildman–Crippen MR) is 91.9 cm³/mol. The molecule has 0 saturated carbocycles. The summed E-state index contributed by atoms with van der Waals surface area (Å²) in [6.07, 6.45) is 1.78. The number of halogens is 2. The van der Waals surface area contributed by atoms with E-state index < -0.39 is 17.9 Å². The number of amides is 3. The molecule has 0 spiro atoms. The Morgan fingerprint density at radius 2 is 2.00 bits per heavy atom. The van der Waals surface area contributed by atoms with Crippen molar-refractivity contribution in [1.82, 2.24) is 14.4 Å². The molecule has 1 atom stereocenters. The third-order valence-corrected chi connectivity index (χ3v) is 5.18. The van der Waals surface area contributed by atoms with Gasteiger partial charge in [0, 0.05) is 24.7 Å². The molecule has 2 aliphatic heterocycles. The van der Waals surface area contributed by atoms with Gasteiger partial charge in [-0.25, -0.2) is 18.3 Å². The molecule has 0 aliphatic carbocycles. The summed E-state index contributed by atoms with van der Waals surface area (Å²) in [7, 11) is 3.02. The largest absolute Gasteiger partial charge is 0.402 e. The van der Waals surface area contributed by atoms with Crippen molar-refractivity contribution in [3.8, 4) is 0 Å². The molecule has 1 aromatic carbocycles. The van der Waals surface area contributed by atoms with E-state index in [1.54, 1.807) is 34.5 Å². The molecule has 1 fully saturated rings. The van der Waals surface area contributed by atoms with Gasteiger partial charge in [-0.15, -0.1) is 0 Å². The van der Waals surface area contributed by atoms with Crippen molar-refractivity contribution in [1.29, 1.82) is 0 Å². The number of carbonyl (C=O) groups excluding carboxylic acids is 2. The first-order chi connectivity index (χ1) is 12.3. The van der Waals surface area contributed by atoms with Crippen LogP contribution in [0.2, 0.25) is 5.02 Å². The molecule has 1 aromatic heterocycles. The highest BCUT2D eigenvalue weighted by Gasteiger charge is 2.52. The fourth-order valence-corrected chi connectivity index (χ4v) is 3.57. The van der Waals surface area contributed by atoms with Gasteiger partial charge in [-0.05, 0) is 19.1 Å². The Morgan fingerprint density at radius 3 is 2.69 bits per heavy atom. The van der Waals surface area contributed by atoms with Crippen LogP contribution in [-0.2, 0) is 11.3 Å². The minimum absolute atomic E-state index is 0.171. The highest BCUT2D eigenvalue weighted by Crippen LogP contribution is 2.30. The number of aliphatic imine (C=N–C) groups is 1. The maximum absolute atomic E-state index is 14.2. The van der Waals surface area contributed by atoms with Gasteiger partial charge in [0.1, 0.15) is 24.3 Å². The minimum atomic E-state index is -0.700. The Morgan fingerprint density at radius 1 is 1.27 bits per heavy atom. The molecule has 2 aromatic rings. The van der Waals surface area contributed by atoms with Crippen molar-refractivity contribution in [2.24, 2.45) is 4.99 Å². The van der Waals surface area contributed by atoms with E-state index in [9.17, 15) is 14.0 Å². The second kappa shape index (κ2) is 5.63. The molecule has 1 unspecified atom stereocenters. The number of amidine groups is 1. The van der Waals surface area contributed by atoms with Gasteiger partial charge in [-0.3, -0.25) is 14.6 Å². The van der Waals surface area contributed by atoms with Crippen LogP contribution in [0.4, 0.5) is 15.1 Å². The Labute approximate surface area is 153 Å². The highest BCUT2D eigenvalue weighted by molar-refractivity contribution is 6.31. The second-order valence-electron chi connectivity index (χ2n) is 6.38. The van der Waals surface area contributed by atoms with Crippen molar-refractivity contribution in [2.45, 2.75) is 19.5 Å². The zero-order valence-electron chi connectivity index (χ0n) is 14.4. The summed E-state index contributed by atoms with van der Waals surface area (Å²) in [5, 5.41) is 0.322. The summed E-state index contributed by atoms with van der Waals surface area (Å²) in [5.41, 5.74) is 1.15. The van der Waals surface area contributed by atoms with Gasteiger partial charge >= 0.3 is 12.0 Å². The molecule has 0 N–H and O–H groups in total. The average Bonchev–Trinajstić information content (AvgIpc) is 3.10. The number of carbonyl (C=O) groups is 2. The number of aromatic nitrogens is 2. The first-order valence-electron chi connectivity index (χ1n) is 7.99. The summed E-state index contributed by atoms with van der Waals surface area (Å²) >= 11 is 6.15. The van der Waals surface area contributed by atoms with Crippen LogP contribution in [0.5, 0.6) is 0 Å². The summed E-state index contributed by atoms with van der Waals surface area (Å²) in [6.45, 7) is 2.02. The Balaban J connectivity index is 1.82. The quantitative estimate of drug-likeness (QED) is 0.753. The van der Waals surface area contributed by atoms with Crippen molar-refractivity contribution >= 4 is 35.3 Å². The van der Waals surface area contributed by atoms with Crippen molar-refractivity contribution in [2.75, 3.05) is 14.1 Å². The SMILES string of the molecule is Cc1c[n+]2c(n1Cc1c(F)cccc1Cl)N=C1C2C(=O)N(C)C(=O)N1C. The monoisotopic (exact) mass is 376 g/mol. The van der Waals surface area contributed by atoms with Crippen LogP contribution in [0.3, 0.4) is 0 Å². The number of fused-ring (bicyclic) bond motifs is 3. The lowest BCUT2D eigenvalue weighted by atomic mass is 10.2. The van der Waals surface area contributed by atoms with Crippen LogP contribution in [0, 0.1) is 12.7 Å². The minimum Gasteiger partial charge on any atom is -0.270 e. The molecule has 4 rings (SSSR count). The molecular weight excluding hydrogens is 361 g/mol. The van der Waals surface area contributed by atoms with E-state index in [4.69, 9.17) is 11.6 Å². The molecular formula is C17H16ClFN5O2+. The van der Waals surface area contributed by atoms with E-state index >= 15 is 0 Å². The van der Waals surface area contributed by atoms with Gasteiger partial charge in [-0.2, -0.15) is 0 Å². The Hall–Kier alpha value is -2.74. The zero-order valence-corrected chi connectivity index (χ0v) is 15.2. The normalized spacial score (nSPS) is 19.0. The van der Waals surface area contributed by atoms with E-state index in [2.05, 4.69) is 4.99 Å². The second-order valence-corrected chi connectivity index (χ2v) is 6.78. The van der Waals surface area contributed by atoms with Crippen molar-refractivity contribution in [3.05, 3.63) is 46.5 Å². The number of urea groups is 1. The number of imidazole rings is 1. The molecule has 7 nitrogen and oxygen atoms in total. The summed E-state index contributed by atoms with van der Waals surface area (Å²) in [5.74, 6) is 0.0822. The predicted octanol–water partition coefficient (Wildman–Crippen LogP) is 2.03. The van der Waals surface area contributed by atoms with E-state index in [-0.39, 0.29) is 12.5 Å². The van der Waals surface area contributed by atoms with Gasteiger partial charge in [0.05, 0.1) is 0 Å². The third kappa shape index (κ3) is 2.18. The highest BCUT2D eigenvalue weighted by atomic mass is 35.5. The lowest BCUT2D eigenvalue weighted by Gasteiger charge is -2.30. The maximum Gasteiger partial charge on any atom is 0.402 e. The lowest BCUT2D eigenvalue weighted by Crippen LogP contribution is -2.61. The molecule has 0 bridgehead atoms. The van der Waals surface area contributed by atoms with Crippen LogP contribution in [0.1, 0.15) is 17.3 Å². The number of rotatable bonds is 2. The van der Waals surface area contributed by atoms with Gasteiger partial charge in [0.2, 0.25) is 11.9 Å². The van der Waals surface area contributed by atoms with E-state index in [1.807, 2.05) is 6.92 Å². The van der Waals surface area contributed by atoms with E-state index in [0.29, 0.717) is 22.4 Å².